The molecule has 1 fully saturated rings. The Morgan fingerprint density at radius 3 is 2.54 bits per heavy atom. The molecular weight excluding hydrogens is 383 g/mol. The lowest BCUT2D eigenvalue weighted by Crippen LogP contribution is -2.49. The number of hydrogen-bond donors (Lipinski definition) is 4. The predicted octanol–water partition coefficient (Wildman–Crippen LogP) is -0.0394. The Labute approximate surface area is 158 Å². The fourth-order valence-corrected chi connectivity index (χ4v) is 3.13. The lowest BCUT2D eigenvalue weighted by Gasteiger charge is -2.26. The van der Waals surface area contributed by atoms with E-state index >= 15 is 0 Å². The molecule has 2 rings (SSSR count). The zero-order valence-electron chi connectivity index (χ0n) is 14.8. The highest BCUT2D eigenvalue weighted by molar-refractivity contribution is 5.87. The van der Waals surface area contributed by atoms with E-state index in [1.807, 2.05) is 10.9 Å². The van der Waals surface area contributed by atoms with Crippen molar-refractivity contribution in [2.45, 2.75) is 56.8 Å². The number of halogens is 3. The standard InChI is InChI=1S/C16H22F3N5O4/c17-16(18,19)12-9(14(27)28)7-21-15(22-12)24-23-13(26)11(25)10(20)6-8-4-2-1-3-5-8/h7-8,10-11,25H,1-6,20H2,(H,23,26)(H,27,28)(H,21,22,24)/p-1/t10-,11?/m1/s1. The van der Waals surface area contributed by atoms with E-state index in [1.54, 1.807) is 0 Å². The van der Waals surface area contributed by atoms with Gasteiger partial charge in [0.05, 0.1) is 5.97 Å². The van der Waals surface area contributed by atoms with Crippen LogP contribution in [0, 0.1) is 5.92 Å². The van der Waals surface area contributed by atoms with Gasteiger partial charge in [-0.2, -0.15) is 13.2 Å². The summed E-state index contributed by atoms with van der Waals surface area (Å²) in [5.74, 6) is -3.45. The number of carbonyl (C=O) groups is 2. The van der Waals surface area contributed by atoms with E-state index in [2.05, 4.69) is 9.97 Å². The van der Waals surface area contributed by atoms with Gasteiger partial charge in [0.1, 0.15) is 6.10 Å². The molecule has 12 heteroatoms. The number of alkyl halides is 3. The maximum atomic E-state index is 12.9. The van der Waals surface area contributed by atoms with Crippen LogP contribution < -0.4 is 21.7 Å². The van der Waals surface area contributed by atoms with Crippen LogP contribution in [-0.2, 0) is 11.0 Å². The molecule has 1 unspecified atom stereocenters. The Bertz CT molecular complexity index is 710. The van der Waals surface area contributed by atoms with Crippen molar-refractivity contribution in [2.75, 3.05) is 5.43 Å². The Balaban J connectivity index is 1.96. The van der Waals surface area contributed by atoms with E-state index in [1.165, 1.54) is 0 Å². The van der Waals surface area contributed by atoms with Gasteiger partial charge >= 0.3 is 6.18 Å². The molecule has 0 bridgehead atoms. The van der Waals surface area contributed by atoms with Gasteiger partial charge in [-0.15, -0.1) is 0 Å². The maximum Gasteiger partial charge on any atom is 0.434 e. The molecule has 9 nitrogen and oxygen atoms in total. The number of anilines is 1. The Morgan fingerprint density at radius 2 is 1.96 bits per heavy atom. The fourth-order valence-electron chi connectivity index (χ4n) is 3.13. The van der Waals surface area contributed by atoms with E-state index in [9.17, 15) is 33.0 Å². The smallest absolute Gasteiger partial charge is 0.434 e. The number of nitrogens with zero attached hydrogens (tertiary/aromatic N) is 2. The van der Waals surface area contributed by atoms with Gasteiger partial charge in [-0.25, -0.2) is 9.97 Å². The summed E-state index contributed by atoms with van der Waals surface area (Å²) in [6.07, 6.45) is -0.564. The third-order valence-corrected chi connectivity index (χ3v) is 4.58. The van der Waals surface area contributed by atoms with Gasteiger partial charge in [-0.1, -0.05) is 32.1 Å². The Morgan fingerprint density at radius 1 is 1.32 bits per heavy atom. The van der Waals surface area contributed by atoms with Crippen molar-refractivity contribution in [1.82, 2.24) is 15.4 Å². The molecule has 1 amide bonds. The van der Waals surface area contributed by atoms with E-state index in [0.717, 1.165) is 32.1 Å². The molecule has 2 atom stereocenters. The van der Waals surface area contributed by atoms with Crippen molar-refractivity contribution in [3.8, 4) is 0 Å². The minimum Gasteiger partial charge on any atom is -0.545 e. The second-order valence-corrected chi connectivity index (χ2v) is 6.70. The highest BCUT2D eigenvalue weighted by atomic mass is 19.4. The number of aliphatic hydroxyl groups is 1. The SMILES string of the molecule is N[C@H](CC1CCCCC1)C(O)C(=O)NNc1ncc(C(=O)[O-])c(C(F)(F)F)n1. The summed E-state index contributed by atoms with van der Waals surface area (Å²) in [4.78, 5) is 29.1. The van der Waals surface area contributed by atoms with E-state index in [0.29, 0.717) is 18.5 Å². The first-order valence-corrected chi connectivity index (χ1v) is 8.74. The lowest BCUT2D eigenvalue weighted by atomic mass is 9.84. The highest BCUT2D eigenvalue weighted by Crippen LogP contribution is 2.30. The van der Waals surface area contributed by atoms with Crippen LogP contribution in [0.1, 0.15) is 54.6 Å². The monoisotopic (exact) mass is 404 g/mol. The summed E-state index contributed by atoms with van der Waals surface area (Å²) in [7, 11) is 0. The number of nitrogens with two attached hydrogens (primary N) is 1. The van der Waals surface area contributed by atoms with Crippen LogP contribution in [0.15, 0.2) is 6.20 Å². The first kappa shape index (κ1) is 21.8. The van der Waals surface area contributed by atoms with Gasteiger partial charge in [-0.05, 0) is 12.3 Å². The number of nitrogens with one attached hydrogen (secondary N) is 2. The second kappa shape index (κ2) is 9.15. The molecule has 0 aromatic carbocycles. The number of carboxylic acid groups (broad SMARTS) is 1. The van der Waals surface area contributed by atoms with Crippen molar-refractivity contribution in [2.24, 2.45) is 11.7 Å². The van der Waals surface area contributed by atoms with Gasteiger partial charge in [0.2, 0.25) is 5.95 Å². The van der Waals surface area contributed by atoms with E-state index in [4.69, 9.17) is 5.73 Å². The third-order valence-electron chi connectivity index (χ3n) is 4.58. The van der Waals surface area contributed by atoms with Gasteiger partial charge in [0, 0.05) is 17.8 Å². The number of rotatable bonds is 7. The number of hydrazine groups is 1. The number of aromatic nitrogens is 2. The summed E-state index contributed by atoms with van der Waals surface area (Å²) < 4.78 is 38.7. The van der Waals surface area contributed by atoms with Crippen molar-refractivity contribution in [3.05, 3.63) is 17.5 Å². The van der Waals surface area contributed by atoms with Crippen LogP contribution in [-0.4, -0.2) is 39.1 Å². The van der Waals surface area contributed by atoms with Gasteiger partial charge < -0.3 is 20.7 Å². The topological polar surface area (TPSA) is 153 Å². The van der Waals surface area contributed by atoms with Gasteiger partial charge in [0.15, 0.2) is 5.69 Å². The third kappa shape index (κ3) is 5.76. The zero-order valence-corrected chi connectivity index (χ0v) is 14.8. The highest BCUT2D eigenvalue weighted by Gasteiger charge is 2.36. The van der Waals surface area contributed by atoms with Crippen LogP contribution in [0.4, 0.5) is 19.1 Å². The second-order valence-electron chi connectivity index (χ2n) is 6.70. The summed E-state index contributed by atoms with van der Waals surface area (Å²) in [5, 5.41) is 20.8. The summed E-state index contributed by atoms with van der Waals surface area (Å²) in [6.45, 7) is 0. The van der Waals surface area contributed by atoms with Gasteiger partial charge in [-0.3, -0.25) is 15.6 Å². The molecule has 1 aliphatic carbocycles. The summed E-state index contributed by atoms with van der Waals surface area (Å²) in [6, 6.07) is -0.836. The van der Waals surface area contributed by atoms with E-state index < -0.39 is 47.4 Å². The molecule has 1 aromatic heterocycles. The predicted molar refractivity (Wildman–Crippen MR) is 88.3 cm³/mol. The quantitative estimate of drug-likeness (QED) is 0.462. The normalized spacial score (nSPS) is 17.6. The summed E-state index contributed by atoms with van der Waals surface area (Å²) in [5.41, 5.74) is 6.88. The van der Waals surface area contributed by atoms with E-state index in [-0.39, 0.29) is 0 Å². The molecule has 5 N–H and O–H groups in total. The largest absolute Gasteiger partial charge is 0.545 e. The number of hydrogen-bond acceptors (Lipinski definition) is 8. The van der Waals surface area contributed by atoms with Crippen molar-refractivity contribution in [3.63, 3.8) is 0 Å². The number of aromatic carboxylic acids is 1. The maximum absolute atomic E-state index is 12.9. The molecular formula is C16H21F3N5O4-. The number of amides is 1. The first-order valence-electron chi connectivity index (χ1n) is 8.74. The van der Waals surface area contributed by atoms with Crippen LogP contribution in [0.3, 0.4) is 0 Å². The Hall–Kier alpha value is -2.47. The van der Waals surface area contributed by atoms with Crippen LogP contribution in [0.5, 0.6) is 0 Å². The zero-order chi connectivity index (χ0) is 20.9. The number of aliphatic hydroxyl groups excluding tert-OH is 1. The molecule has 1 saturated carbocycles. The number of carbonyl (C=O) groups excluding carboxylic acids is 2. The Kier molecular flexibility index (Phi) is 7.13. The molecule has 0 spiro atoms. The molecule has 1 heterocycles. The molecule has 0 saturated heterocycles. The average Bonchev–Trinajstić information content (AvgIpc) is 2.65. The number of carboxylic acids is 1. The lowest BCUT2D eigenvalue weighted by molar-refractivity contribution is -0.256. The van der Waals surface area contributed by atoms with Crippen LogP contribution in [0.25, 0.3) is 0 Å². The summed E-state index contributed by atoms with van der Waals surface area (Å²) >= 11 is 0. The van der Waals surface area contributed by atoms with Crippen molar-refractivity contribution in [1.29, 1.82) is 0 Å². The molecule has 28 heavy (non-hydrogen) atoms. The minimum absolute atomic E-state index is 0.314. The molecule has 1 aliphatic rings. The fraction of sp³-hybridized carbons (Fsp3) is 0.625. The van der Waals surface area contributed by atoms with Crippen LogP contribution in [0.2, 0.25) is 0 Å². The first-order chi connectivity index (χ1) is 13.1. The van der Waals surface area contributed by atoms with Crippen LogP contribution >= 0.6 is 0 Å². The van der Waals surface area contributed by atoms with Gasteiger partial charge in [0.25, 0.3) is 5.91 Å². The molecule has 1 aromatic rings. The molecule has 0 aliphatic heterocycles. The average molecular weight is 404 g/mol. The minimum atomic E-state index is -5.07. The van der Waals surface area contributed by atoms with Crippen molar-refractivity contribution < 1.29 is 33.0 Å². The molecule has 0 radical (unpaired) electrons. The van der Waals surface area contributed by atoms with Crippen molar-refractivity contribution >= 4 is 17.8 Å². The molecule has 156 valence electrons.